The van der Waals surface area contributed by atoms with E-state index in [1.807, 2.05) is 42.5 Å². The van der Waals surface area contributed by atoms with E-state index in [0.717, 1.165) is 16.5 Å². The maximum absolute atomic E-state index is 5.81. The Hall–Kier alpha value is -2.46. The first-order valence-electron chi connectivity index (χ1n) is 6.27. The highest BCUT2D eigenvalue weighted by molar-refractivity contribution is 7.17. The molecule has 0 unspecified atom stereocenters. The molecule has 3 nitrogen and oxygen atoms in total. The van der Waals surface area contributed by atoms with Crippen molar-refractivity contribution in [2.45, 2.75) is 0 Å². The van der Waals surface area contributed by atoms with E-state index < -0.39 is 0 Å². The second kappa shape index (κ2) is 4.58. The van der Waals surface area contributed by atoms with Crippen LogP contribution in [0.15, 0.2) is 64.4 Å². The predicted octanol–water partition coefficient (Wildman–Crippen LogP) is 4.62. The molecule has 0 atom stereocenters. The normalized spacial score (nSPS) is 11.0. The largest absolute Gasteiger partial charge is 0.416 e. The van der Waals surface area contributed by atoms with Crippen LogP contribution in [0.4, 0.5) is 0 Å². The van der Waals surface area contributed by atoms with Crippen LogP contribution >= 0.6 is 11.3 Å². The monoisotopic (exact) mass is 278 g/mol. The highest BCUT2D eigenvalue weighted by Crippen LogP contribution is 2.34. The molecule has 0 saturated carbocycles. The summed E-state index contributed by atoms with van der Waals surface area (Å²) in [6.07, 6.45) is 0. The van der Waals surface area contributed by atoms with E-state index in [2.05, 4.69) is 27.7 Å². The van der Waals surface area contributed by atoms with Crippen LogP contribution < -0.4 is 0 Å². The fourth-order valence-corrected chi connectivity index (χ4v) is 3.11. The van der Waals surface area contributed by atoms with Crippen molar-refractivity contribution in [3.05, 3.63) is 60.0 Å². The maximum Gasteiger partial charge on any atom is 0.249 e. The van der Waals surface area contributed by atoms with Gasteiger partial charge in [-0.05, 0) is 18.2 Å². The summed E-state index contributed by atoms with van der Waals surface area (Å²) in [5.74, 6) is 1.12. The molecule has 0 amide bonds. The lowest BCUT2D eigenvalue weighted by Gasteiger charge is -1.93. The quantitative estimate of drug-likeness (QED) is 0.537. The second-order valence-electron chi connectivity index (χ2n) is 4.42. The Kier molecular flexibility index (Phi) is 2.60. The third-order valence-electron chi connectivity index (χ3n) is 3.16. The van der Waals surface area contributed by atoms with Gasteiger partial charge in [-0.3, -0.25) is 0 Å². The van der Waals surface area contributed by atoms with E-state index in [1.165, 1.54) is 4.70 Å². The number of fused-ring (bicyclic) bond motifs is 1. The van der Waals surface area contributed by atoms with Gasteiger partial charge < -0.3 is 4.42 Å². The van der Waals surface area contributed by atoms with Crippen molar-refractivity contribution in [2.75, 3.05) is 0 Å². The lowest BCUT2D eigenvalue weighted by Crippen LogP contribution is -1.75. The highest BCUT2D eigenvalue weighted by Gasteiger charge is 2.13. The smallest absolute Gasteiger partial charge is 0.249 e. The summed E-state index contributed by atoms with van der Waals surface area (Å²) >= 11 is 1.69. The fourth-order valence-electron chi connectivity index (χ4n) is 2.17. The molecule has 2 heterocycles. The van der Waals surface area contributed by atoms with Gasteiger partial charge in [-0.25, -0.2) is 0 Å². The SMILES string of the molecule is c1ccc(-c2nnc(-c3csc4ccccc34)o2)cc1. The number of hydrogen-bond donors (Lipinski definition) is 0. The molecular weight excluding hydrogens is 268 g/mol. The van der Waals surface area contributed by atoms with E-state index in [0.29, 0.717) is 11.8 Å². The van der Waals surface area contributed by atoms with Crippen LogP contribution in [0.1, 0.15) is 0 Å². The Morgan fingerprint density at radius 1 is 0.800 bits per heavy atom. The number of benzene rings is 2. The zero-order valence-electron chi connectivity index (χ0n) is 10.5. The van der Waals surface area contributed by atoms with E-state index >= 15 is 0 Å². The average Bonchev–Trinajstić information content (AvgIpc) is 3.14. The molecule has 0 bridgehead atoms. The van der Waals surface area contributed by atoms with Crippen molar-refractivity contribution >= 4 is 21.4 Å². The average molecular weight is 278 g/mol. The molecule has 2 aromatic heterocycles. The van der Waals surface area contributed by atoms with E-state index in [-0.39, 0.29) is 0 Å². The minimum Gasteiger partial charge on any atom is -0.416 e. The van der Waals surface area contributed by atoms with Gasteiger partial charge in [0.25, 0.3) is 0 Å². The molecule has 0 aliphatic rings. The van der Waals surface area contributed by atoms with Gasteiger partial charge in [0.15, 0.2) is 0 Å². The van der Waals surface area contributed by atoms with Crippen molar-refractivity contribution in [3.63, 3.8) is 0 Å². The van der Waals surface area contributed by atoms with Crippen LogP contribution in [0.3, 0.4) is 0 Å². The zero-order valence-corrected chi connectivity index (χ0v) is 11.3. The molecule has 0 saturated heterocycles. The molecule has 4 heteroatoms. The Morgan fingerprint density at radius 3 is 2.45 bits per heavy atom. The minimum absolute atomic E-state index is 0.552. The first-order valence-corrected chi connectivity index (χ1v) is 7.15. The molecule has 0 aliphatic heterocycles. The number of rotatable bonds is 2. The molecule has 0 fully saturated rings. The summed E-state index contributed by atoms with van der Waals surface area (Å²) in [7, 11) is 0. The van der Waals surface area contributed by atoms with Crippen molar-refractivity contribution in [2.24, 2.45) is 0 Å². The van der Waals surface area contributed by atoms with Crippen LogP contribution in [-0.2, 0) is 0 Å². The highest BCUT2D eigenvalue weighted by atomic mass is 32.1. The maximum atomic E-state index is 5.81. The van der Waals surface area contributed by atoms with Crippen LogP contribution in [-0.4, -0.2) is 10.2 Å². The predicted molar refractivity (Wildman–Crippen MR) is 80.6 cm³/mol. The summed E-state index contributed by atoms with van der Waals surface area (Å²) < 4.78 is 7.03. The summed E-state index contributed by atoms with van der Waals surface area (Å²) in [6, 6.07) is 18.0. The van der Waals surface area contributed by atoms with Gasteiger partial charge in [-0.1, -0.05) is 36.4 Å². The van der Waals surface area contributed by atoms with Gasteiger partial charge in [0, 0.05) is 21.0 Å². The Labute approximate surface area is 119 Å². The molecule has 0 aliphatic carbocycles. The van der Waals surface area contributed by atoms with E-state index in [4.69, 9.17) is 4.42 Å². The van der Waals surface area contributed by atoms with Crippen molar-refractivity contribution in [1.29, 1.82) is 0 Å². The Bertz CT molecular complexity index is 864. The summed E-state index contributed by atoms with van der Waals surface area (Å²) in [4.78, 5) is 0. The van der Waals surface area contributed by atoms with Gasteiger partial charge in [-0.2, -0.15) is 0 Å². The first-order chi connectivity index (χ1) is 9.92. The van der Waals surface area contributed by atoms with Crippen molar-refractivity contribution in [1.82, 2.24) is 10.2 Å². The lowest BCUT2D eigenvalue weighted by atomic mass is 10.2. The first kappa shape index (κ1) is 11.4. The number of aromatic nitrogens is 2. The number of thiophene rings is 1. The minimum atomic E-state index is 0.552. The summed E-state index contributed by atoms with van der Waals surface area (Å²) in [5, 5.41) is 11.5. The number of hydrogen-bond acceptors (Lipinski definition) is 4. The fraction of sp³-hybridized carbons (Fsp3) is 0. The molecule has 0 N–H and O–H groups in total. The standard InChI is InChI=1S/C16H10N2OS/c1-2-6-11(7-3-1)15-17-18-16(19-15)13-10-20-14-9-5-4-8-12(13)14/h1-10H. The summed E-state index contributed by atoms with van der Waals surface area (Å²) in [6.45, 7) is 0. The molecular formula is C16H10N2OS. The molecule has 4 rings (SSSR count). The Morgan fingerprint density at radius 2 is 1.55 bits per heavy atom. The van der Waals surface area contributed by atoms with Crippen LogP contribution in [0.5, 0.6) is 0 Å². The van der Waals surface area contributed by atoms with Crippen LogP contribution in [0.2, 0.25) is 0 Å². The third kappa shape index (κ3) is 1.82. The van der Waals surface area contributed by atoms with Gasteiger partial charge in [0.2, 0.25) is 11.8 Å². The van der Waals surface area contributed by atoms with Gasteiger partial charge in [0.05, 0.1) is 5.56 Å². The topological polar surface area (TPSA) is 38.9 Å². The van der Waals surface area contributed by atoms with Crippen LogP contribution in [0, 0.1) is 0 Å². The molecule has 4 aromatic rings. The molecule has 2 aromatic carbocycles. The zero-order chi connectivity index (χ0) is 13.4. The van der Waals surface area contributed by atoms with Gasteiger partial charge >= 0.3 is 0 Å². The van der Waals surface area contributed by atoms with Crippen molar-refractivity contribution in [3.8, 4) is 22.9 Å². The van der Waals surface area contributed by atoms with E-state index in [9.17, 15) is 0 Å². The van der Waals surface area contributed by atoms with Crippen molar-refractivity contribution < 1.29 is 4.42 Å². The molecule has 0 radical (unpaired) electrons. The summed E-state index contributed by atoms with van der Waals surface area (Å²) in [5.41, 5.74) is 1.94. The molecule has 0 spiro atoms. The van der Waals surface area contributed by atoms with E-state index in [1.54, 1.807) is 11.3 Å². The second-order valence-corrected chi connectivity index (χ2v) is 5.34. The van der Waals surface area contributed by atoms with Crippen LogP contribution in [0.25, 0.3) is 33.0 Å². The lowest BCUT2D eigenvalue weighted by molar-refractivity contribution is 0.585. The molecule has 96 valence electrons. The number of nitrogens with zero attached hydrogens (tertiary/aromatic N) is 2. The third-order valence-corrected chi connectivity index (χ3v) is 4.12. The Balaban J connectivity index is 1.82. The van der Waals surface area contributed by atoms with Gasteiger partial charge in [0.1, 0.15) is 0 Å². The van der Waals surface area contributed by atoms with Gasteiger partial charge in [-0.15, -0.1) is 21.5 Å². The molecule has 20 heavy (non-hydrogen) atoms.